The number of nitrogens with one attached hydrogen (secondary N) is 1. The van der Waals surface area contributed by atoms with Gasteiger partial charge in [-0.05, 0) is 31.5 Å². The average molecular weight is 297 g/mol. The van der Waals surface area contributed by atoms with Crippen molar-refractivity contribution in [1.29, 1.82) is 0 Å². The lowest BCUT2D eigenvalue weighted by Gasteiger charge is -2.17. The van der Waals surface area contributed by atoms with Gasteiger partial charge in [-0.25, -0.2) is 4.39 Å². The van der Waals surface area contributed by atoms with Gasteiger partial charge in [0.1, 0.15) is 5.82 Å². The summed E-state index contributed by atoms with van der Waals surface area (Å²) in [6.07, 6.45) is 0.593. The van der Waals surface area contributed by atoms with Crippen molar-refractivity contribution in [3.63, 3.8) is 0 Å². The van der Waals surface area contributed by atoms with E-state index in [4.69, 9.17) is 17.4 Å². The lowest BCUT2D eigenvalue weighted by molar-refractivity contribution is 0.516. The standard InChI is InChI=1S/C14H18ClFN4/c1-3-20-13(14(15)9(2)19-20)8-12(18-17)10-4-6-11(16)7-5-10/h4-7,12,18H,3,8,17H2,1-2H3. The van der Waals surface area contributed by atoms with Crippen LogP contribution in [0.5, 0.6) is 0 Å². The van der Waals surface area contributed by atoms with Crippen LogP contribution in [0.25, 0.3) is 0 Å². The molecule has 4 nitrogen and oxygen atoms in total. The molecule has 2 rings (SSSR count). The summed E-state index contributed by atoms with van der Waals surface area (Å²) in [5, 5.41) is 5.04. The third-order valence-corrected chi connectivity index (χ3v) is 3.82. The minimum atomic E-state index is -0.267. The number of aryl methyl sites for hydroxylation is 2. The zero-order chi connectivity index (χ0) is 14.7. The third-order valence-electron chi connectivity index (χ3n) is 3.32. The van der Waals surface area contributed by atoms with Crippen LogP contribution in [0.15, 0.2) is 24.3 Å². The van der Waals surface area contributed by atoms with Crippen LogP contribution < -0.4 is 11.3 Å². The molecule has 0 bridgehead atoms. The van der Waals surface area contributed by atoms with Crippen molar-refractivity contribution < 1.29 is 4.39 Å². The zero-order valence-corrected chi connectivity index (χ0v) is 12.3. The van der Waals surface area contributed by atoms with E-state index in [1.807, 2.05) is 18.5 Å². The summed E-state index contributed by atoms with van der Waals surface area (Å²) >= 11 is 6.29. The maximum Gasteiger partial charge on any atom is 0.123 e. The van der Waals surface area contributed by atoms with E-state index in [9.17, 15) is 4.39 Å². The lowest BCUT2D eigenvalue weighted by Crippen LogP contribution is -2.30. The minimum Gasteiger partial charge on any atom is -0.271 e. The molecular formula is C14H18ClFN4. The average Bonchev–Trinajstić information content (AvgIpc) is 2.73. The minimum absolute atomic E-state index is 0.144. The first-order valence-electron chi connectivity index (χ1n) is 6.50. The third kappa shape index (κ3) is 3.00. The van der Waals surface area contributed by atoms with Crippen LogP contribution in [0.1, 0.15) is 29.9 Å². The molecule has 1 aromatic carbocycles. The molecular weight excluding hydrogens is 279 g/mol. The van der Waals surface area contributed by atoms with Gasteiger partial charge in [0, 0.05) is 13.0 Å². The van der Waals surface area contributed by atoms with E-state index in [1.165, 1.54) is 12.1 Å². The quantitative estimate of drug-likeness (QED) is 0.659. The molecule has 1 aromatic heterocycles. The van der Waals surface area contributed by atoms with Gasteiger partial charge in [-0.2, -0.15) is 5.10 Å². The zero-order valence-electron chi connectivity index (χ0n) is 11.5. The summed E-state index contributed by atoms with van der Waals surface area (Å²) in [4.78, 5) is 0. The predicted molar refractivity (Wildman–Crippen MR) is 77.8 cm³/mol. The molecule has 3 N–H and O–H groups in total. The number of rotatable bonds is 5. The van der Waals surface area contributed by atoms with E-state index in [-0.39, 0.29) is 11.9 Å². The molecule has 0 fully saturated rings. The van der Waals surface area contributed by atoms with Gasteiger partial charge in [-0.1, -0.05) is 23.7 Å². The Bertz CT molecular complexity index is 580. The molecule has 0 aliphatic rings. The van der Waals surface area contributed by atoms with Crippen LogP contribution in [0, 0.1) is 12.7 Å². The highest BCUT2D eigenvalue weighted by atomic mass is 35.5. The van der Waals surface area contributed by atoms with Gasteiger partial charge in [0.05, 0.1) is 22.5 Å². The molecule has 1 unspecified atom stereocenters. The van der Waals surface area contributed by atoms with E-state index < -0.39 is 0 Å². The first-order chi connectivity index (χ1) is 9.56. The van der Waals surface area contributed by atoms with Crippen molar-refractivity contribution in [3.05, 3.63) is 52.1 Å². The van der Waals surface area contributed by atoms with Crippen molar-refractivity contribution in [3.8, 4) is 0 Å². The largest absolute Gasteiger partial charge is 0.271 e. The van der Waals surface area contributed by atoms with E-state index in [1.54, 1.807) is 12.1 Å². The summed E-state index contributed by atoms with van der Waals surface area (Å²) in [6.45, 7) is 4.62. The number of hydrogen-bond donors (Lipinski definition) is 2. The highest BCUT2D eigenvalue weighted by Gasteiger charge is 2.18. The Morgan fingerprint density at radius 1 is 1.40 bits per heavy atom. The molecule has 20 heavy (non-hydrogen) atoms. The molecule has 0 saturated heterocycles. The fourth-order valence-corrected chi connectivity index (χ4v) is 2.44. The van der Waals surface area contributed by atoms with Gasteiger partial charge < -0.3 is 0 Å². The molecule has 2 aromatic rings. The summed E-state index contributed by atoms with van der Waals surface area (Å²) in [7, 11) is 0. The fourth-order valence-electron chi connectivity index (χ4n) is 2.23. The molecule has 0 radical (unpaired) electrons. The molecule has 1 heterocycles. The molecule has 6 heteroatoms. The maximum atomic E-state index is 13.0. The maximum absolute atomic E-state index is 13.0. The molecule has 0 amide bonds. The highest BCUT2D eigenvalue weighted by molar-refractivity contribution is 6.31. The fraction of sp³-hybridized carbons (Fsp3) is 0.357. The van der Waals surface area contributed by atoms with Crippen LogP contribution in [-0.4, -0.2) is 9.78 Å². The van der Waals surface area contributed by atoms with E-state index in [2.05, 4.69) is 10.5 Å². The van der Waals surface area contributed by atoms with Gasteiger partial charge in [0.2, 0.25) is 0 Å². The summed E-state index contributed by atoms with van der Waals surface area (Å²) in [5.74, 6) is 5.36. The van der Waals surface area contributed by atoms with Crippen molar-refractivity contribution in [1.82, 2.24) is 15.2 Å². The number of nitrogens with zero attached hydrogens (tertiary/aromatic N) is 2. The molecule has 0 aliphatic carbocycles. The van der Waals surface area contributed by atoms with Crippen molar-refractivity contribution >= 4 is 11.6 Å². The Morgan fingerprint density at radius 2 is 2.05 bits per heavy atom. The van der Waals surface area contributed by atoms with Gasteiger partial charge in [0.25, 0.3) is 0 Å². The smallest absolute Gasteiger partial charge is 0.123 e. The van der Waals surface area contributed by atoms with Crippen molar-refractivity contribution in [2.24, 2.45) is 5.84 Å². The normalized spacial score (nSPS) is 12.7. The van der Waals surface area contributed by atoms with Crippen LogP contribution in [0.4, 0.5) is 4.39 Å². The SMILES string of the molecule is CCn1nc(C)c(Cl)c1CC(NN)c1ccc(F)cc1. The monoisotopic (exact) mass is 296 g/mol. The number of benzene rings is 1. The molecule has 108 valence electrons. The second-order valence-corrected chi connectivity index (χ2v) is 5.01. The van der Waals surface area contributed by atoms with Gasteiger partial charge in [0.15, 0.2) is 0 Å². The highest BCUT2D eigenvalue weighted by Crippen LogP contribution is 2.26. The van der Waals surface area contributed by atoms with Gasteiger partial charge >= 0.3 is 0 Å². The first-order valence-corrected chi connectivity index (χ1v) is 6.88. The second-order valence-electron chi connectivity index (χ2n) is 4.64. The Hall–Kier alpha value is -1.43. The van der Waals surface area contributed by atoms with Crippen LogP contribution in [0.3, 0.4) is 0 Å². The van der Waals surface area contributed by atoms with E-state index in [0.29, 0.717) is 11.4 Å². The number of halogens is 2. The summed E-state index contributed by atoms with van der Waals surface area (Å²) < 4.78 is 14.8. The Balaban J connectivity index is 2.28. The van der Waals surface area contributed by atoms with Gasteiger partial charge in [-0.3, -0.25) is 16.0 Å². The van der Waals surface area contributed by atoms with Crippen LogP contribution in [0.2, 0.25) is 5.02 Å². The topological polar surface area (TPSA) is 55.9 Å². The van der Waals surface area contributed by atoms with Crippen molar-refractivity contribution in [2.75, 3.05) is 0 Å². The second kappa shape index (κ2) is 6.35. The number of hydrogen-bond acceptors (Lipinski definition) is 3. The number of hydrazine groups is 1. The Kier molecular flexibility index (Phi) is 4.75. The van der Waals surface area contributed by atoms with Gasteiger partial charge in [-0.15, -0.1) is 0 Å². The summed E-state index contributed by atoms with van der Waals surface area (Å²) in [6, 6.07) is 6.13. The molecule has 0 aliphatic heterocycles. The Labute approximate surface area is 122 Å². The van der Waals surface area contributed by atoms with Crippen LogP contribution in [-0.2, 0) is 13.0 Å². The predicted octanol–water partition coefficient (Wildman–Crippen LogP) is 2.75. The van der Waals surface area contributed by atoms with Crippen molar-refractivity contribution in [2.45, 2.75) is 32.9 Å². The van der Waals surface area contributed by atoms with Crippen LogP contribution >= 0.6 is 11.6 Å². The number of nitrogens with two attached hydrogens (primary N) is 1. The number of aromatic nitrogens is 2. The lowest BCUT2D eigenvalue weighted by atomic mass is 10.0. The van der Waals surface area contributed by atoms with E-state index >= 15 is 0 Å². The molecule has 0 spiro atoms. The molecule has 0 saturated carbocycles. The van der Waals surface area contributed by atoms with E-state index in [0.717, 1.165) is 23.5 Å². The Morgan fingerprint density at radius 3 is 2.60 bits per heavy atom. The molecule has 1 atom stereocenters. The first kappa shape index (κ1) is 15.0. The summed E-state index contributed by atoms with van der Waals surface area (Å²) in [5.41, 5.74) is 5.39.